The number of aliphatic hydroxyl groups is 1. The topological polar surface area (TPSA) is 69.6 Å². The van der Waals surface area contributed by atoms with Crippen LogP contribution >= 0.6 is 0 Å². The van der Waals surface area contributed by atoms with Gasteiger partial charge in [-0.1, -0.05) is 0 Å². The van der Waals surface area contributed by atoms with Crippen molar-refractivity contribution in [2.45, 2.75) is 43.1 Å². The van der Waals surface area contributed by atoms with Gasteiger partial charge in [0.05, 0.1) is 0 Å². The second-order valence-electron chi connectivity index (χ2n) is 3.10. The molecule has 0 fully saturated rings. The fraction of sp³-hybridized carbons (Fsp3) is 0.778. The third-order valence-electron chi connectivity index (χ3n) is 1.91. The van der Waals surface area contributed by atoms with Crippen molar-refractivity contribution in [1.82, 2.24) is 5.32 Å². The number of carboxylic acid groups (broad SMARTS) is 1. The van der Waals surface area contributed by atoms with Crippen LogP contribution in [-0.2, 0) is 4.79 Å². The summed E-state index contributed by atoms with van der Waals surface area (Å²) >= 11 is 3.17. The van der Waals surface area contributed by atoms with Gasteiger partial charge in [0, 0.05) is 0 Å². The van der Waals surface area contributed by atoms with Crippen molar-refractivity contribution in [2.75, 3.05) is 0 Å². The molecule has 0 bridgehead atoms. The van der Waals surface area contributed by atoms with Gasteiger partial charge in [-0.15, -0.1) is 0 Å². The third-order valence-corrected chi connectivity index (χ3v) is 4.08. The van der Waals surface area contributed by atoms with Crippen molar-refractivity contribution in [3.63, 3.8) is 0 Å². The van der Waals surface area contributed by atoms with E-state index in [-0.39, 0.29) is 0 Å². The number of hydrogen-bond donors (Lipinski definition) is 3. The first-order valence-corrected chi connectivity index (χ1v) is 8.51. The summed E-state index contributed by atoms with van der Waals surface area (Å²) in [6, 6.07) is -0.593. The average Bonchev–Trinajstić information content (AvgIpc) is 2.22. The summed E-state index contributed by atoms with van der Waals surface area (Å²) in [5.41, 5.74) is 0. The van der Waals surface area contributed by atoms with Crippen molar-refractivity contribution in [1.29, 1.82) is 0 Å². The van der Waals surface area contributed by atoms with Crippen molar-refractivity contribution >= 4 is 41.0 Å². The number of carbonyl (C=O) groups is 1. The van der Waals surface area contributed by atoms with Crippen LogP contribution in [0.1, 0.15) is 19.8 Å². The van der Waals surface area contributed by atoms with E-state index in [1.165, 1.54) is 0 Å². The summed E-state index contributed by atoms with van der Waals surface area (Å²) in [6.45, 7) is 1.84. The Bertz CT molecular complexity index is 223. The van der Waals surface area contributed by atoms with Gasteiger partial charge in [-0.3, -0.25) is 0 Å². The van der Waals surface area contributed by atoms with Gasteiger partial charge in [0.2, 0.25) is 0 Å². The van der Waals surface area contributed by atoms with E-state index >= 15 is 0 Å². The molecule has 0 rings (SSSR count). The number of aliphatic carboxylic acids is 1. The third kappa shape index (κ3) is 6.33. The van der Waals surface area contributed by atoms with E-state index in [1.807, 2.05) is 6.92 Å². The van der Waals surface area contributed by atoms with E-state index in [0.29, 0.717) is 32.3 Å². The van der Waals surface area contributed by atoms with Gasteiger partial charge in [0.1, 0.15) is 0 Å². The Morgan fingerprint density at radius 2 is 2.20 bits per heavy atom. The van der Waals surface area contributed by atoms with Crippen molar-refractivity contribution in [3.05, 3.63) is 0 Å². The fourth-order valence-electron chi connectivity index (χ4n) is 0.946. The van der Waals surface area contributed by atoms with E-state index in [2.05, 4.69) is 26.7 Å². The first-order chi connectivity index (χ1) is 7.02. The first kappa shape index (κ1) is 15.1. The maximum absolute atomic E-state index is 10.9. The zero-order chi connectivity index (χ0) is 11.8. The van der Waals surface area contributed by atoms with E-state index in [0.717, 1.165) is 5.32 Å². The van der Waals surface area contributed by atoms with Gasteiger partial charge in [-0.05, 0) is 0 Å². The minimum absolute atomic E-state index is 0.483. The molecule has 0 aromatic carbocycles. The van der Waals surface area contributed by atoms with Crippen molar-refractivity contribution in [2.24, 2.45) is 0 Å². The van der Waals surface area contributed by atoms with Crippen molar-refractivity contribution in [3.8, 4) is 0 Å². The van der Waals surface area contributed by atoms with Crippen LogP contribution in [0.5, 0.6) is 0 Å². The Balaban J connectivity index is 4.16. The molecule has 0 aliphatic rings. The molecule has 0 aromatic heterocycles. The molecule has 88 valence electrons. The van der Waals surface area contributed by atoms with E-state index < -0.39 is 18.1 Å². The maximum atomic E-state index is 10.9. The average molecular weight is 345 g/mol. The van der Waals surface area contributed by atoms with Crippen LogP contribution < -0.4 is 5.32 Å². The molecule has 0 heterocycles. The van der Waals surface area contributed by atoms with E-state index in [9.17, 15) is 9.90 Å². The Hall–Kier alpha value is 0.139. The number of aliphatic hydroxyl groups excluding tert-OH is 1. The molecular formula is C9H17NO3Se2. The number of hydrogen-bond acceptors (Lipinski definition) is 3. The number of rotatable bonds is 8. The normalized spacial score (nSPS) is 14.3. The Morgan fingerprint density at radius 1 is 1.60 bits per heavy atom. The number of nitrogens with one attached hydrogen (secondary N) is 1. The standard InChI is InChI=1S/C9H17NO3Se2/c1-3-7(11)8(14)10-6(9(12)13)4-5-15-2/h6-7,11H,3-5H2,1-2H3,(H,10,14)(H,12,13)/t6-,7+/m0/s1. The Kier molecular flexibility index (Phi) is 8.39. The molecule has 0 spiro atoms. The molecule has 4 nitrogen and oxygen atoms in total. The van der Waals surface area contributed by atoms with Gasteiger partial charge >= 0.3 is 104 Å². The summed E-state index contributed by atoms with van der Waals surface area (Å²) in [5.74, 6) is 1.21. The van der Waals surface area contributed by atoms with Crippen LogP contribution in [0.2, 0.25) is 11.1 Å². The molecule has 0 radical (unpaired) electrons. The number of carboxylic acids is 1. The van der Waals surface area contributed by atoms with Crippen LogP contribution in [0.25, 0.3) is 0 Å². The summed E-state index contributed by atoms with van der Waals surface area (Å²) < 4.78 is 0.522. The van der Waals surface area contributed by atoms with Gasteiger partial charge < -0.3 is 0 Å². The molecule has 0 aliphatic heterocycles. The molecular weight excluding hydrogens is 328 g/mol. The SMILES string of the molecule is CC[C@@H](O)C(=[Se])N[C@@H](CC[Se]C)C(=O)O. The second kappa shape index (κ2) is 8.31. The van der Waals surface area contributed by atoms with Gasteiger partial charge in [-0.25, -0.2) is 0 Å². The fourth-order valence-corrected chi connectivity index (χ4v) is 2.58. The van der Waals surface area contributed by atoms with Crippen LogP contribution in [0.3, 0.4) is 0 Å². The van der Waals surface area contributed by atoms with Crippen LogP contribution in [0, 0.1) is 0 Å². The van der Waals surface area contributed by atoms with Gasteiger partial charge in [0.15, 0.2) is 0 Å². The summed E-state index contributed by atoms with van der Waals surface area (Å²) in [7, 11) is 0. The molecule has 6 heteroatoms. The van der Waals surface area contributed by atoms with Crippen LogP contribution in [0.4, 0.5) is 0 Å². The molecule has 15 heavy (non-hydrogen) atoms. The van der Waals surface area contributed by atoms with E-state index in [1.54, 1.807) is 0 Å². The second-order valence-corrected chi connectivity index (χ2v) is 6.10. The molecule has 2 atom stereocenters. The Labute approximate surface area is 104 Å². The summed E-state index contributed by atoms with van der Waals surface area (Å²) in [5, 5.41) is 22.1. The predicted octanol–water partition coefficient (Wildman–Crippen LogP) is -0.341. The molecule has 0 unspecified atom stereocenters. The molecule has 3 N–H and O–H groups in total. The summed E-state index contributed by atoms with van der Waals surface area (Å²) in [6.07, 6.45) is 0.561. The van der Waals surface area contributed by atoms with Crippen LogP contribution in [-0.4, -0.2) is 63.4 Å². The van der Waals surface area contributed by atoms with Crippen LogP contribution in [0.15, 0.2) is 0 Å². The van der Waals surface area contributed by atoms with Gasteiger partial charge in [0.25, 0.3) is 0 Å². The quantitative estimate of drug-likeness (QED) is 0.527. The van der Waals surface area contributed by atoms with Crippen molar-refractivity contribution < 1.29 is 15.0 Å². The zero-order valence-electron chi connectivity index (χ0n) is 8.90. The molecule has 0 saturated carbocycles. The zero-order valence-corrected chi connectivity index (χ0v) is 12.3. The van der Waals surface area contributed by atoms with Gasteiger partial charge in [-0.2, -0.15) is 0 Å². The molecule has 0 aliphatic carbocycles. The minimum atomic E-state index is -0.865. The predicted molar refractivity (Wildman–Crippen MR) is 62.7 cm³/mol. The summed E-state index contributed by atoms with van der Waals surface area (Å²) in [4.78, 5) is 10.9. The van der Waals surface area contributed by atoms with E-state index in [4.69, 9.17) is 5.11 Å². The first-order valence-electron chi connectivity index (χ1n) is 4.73. The molecule has 0 amide bonds. The molecule has 0 aromatic rings. The molecule has 0 saturated heterocycles. The monoisotopic (exact) mass is 347 g/mol. The Morgan fingerprint density at radius 3 is 2.60 bits per heavy atom.